The summed E-state index contributed by atoms with van der Waals surface area (Å²) in [7, 11) is 0. The lowest BCUT2D eigenvalue weighted by atomic mass is 10.1. The van der Waals surface area contributed by atoms with Gasteiger partial charge in [0.05, 0.1) is 6.61 Å². The Hall–Kier alpha value is -3.26. The number of ether oxygens (including phenoxy) is 1. The molecule has 1 atom stereocenters. The van der Waals surface area contributed by atoms with Crippen molar-refractivity contribution in [2.45, 2.75) is 39.7 Å². The maximum absolute atomic E-state index is 12.5. The van der Waals surface area contributed by atoms with E-state index in [1.165, 1.54) is 11.3 Å². The van der Waals surface area contributed by atoms with Crippen molar-refractivity contribution in [3.05, 3.63) is 59.7 Å². The lowest BCUT2D eigenvalue weighted by Gasteiger charge is -2.13. The van der Waals surface area contributed by atoms with Gasteiger partial charge in [0.15, 0.2) is 0 Å². The Labute approximate surface area is 185 Å². The van der Waals surface area contributed by atoms with Gasteiger partial charge < -0.3 is 10.1 Å². The van der Waals surface area contributed by atoms with Crippen LogP contribution < -0.4 is 15.4 Å². The summed E-state index contributed by atoms with van der Waals surface area (Å²) in [5, 5.41) is 14.7. The molecule has 0 saturated carbocycles. The molecule has 0 spiro atoms. The molecule has 0 fully saturated rings. The van der Waals surface area contributed by atoms with Gasteiger partial charge in [-0.2, -0.15) is 0 Å². The molecular formula is C23H26N4O3S. The molecule has 1 unspecified atom stereocenters. The molecule has 0 radical (unpaired) electrons. The molecule has 2 amide bonds. The fraction of sp³-hybridized carbons (Fsp3) is 0.304. The fourth-order valence-electron chi connectivity index (χ4n) is 2.76. The van der Waals surface area contributed by atoms with Crippen LogP contribution in [0.25, 0.3) is 10.6 Å². The molecule has 0 aliphatic rings. The van der Waals surface area contributed by atoms with Gasteiger partial charge >= 0.3 is 0 Å². The molecular weight excluding hydrogens is 412 g/mol. The largest absolute Gasteiger partial charge is 0.494 e. The monoisotopic (exact) mass is 438 g/mol. The highest BCUT2D eigenvalue weighted by Gasteiger charge is 2.18. The number of carbonyl (C=O) groups excluding carboxylic acids is 2. The van der Waals surface area contributed by atoms with Gasteiger partial charge in [-0.05, 0) is 50.6 Å². The van der Waals surface area contributed by atoms with Gasteiger partial charge in [0.2, 0.25) is 11.0 Å². The van der Waals surface area contributed by atoms with Crippen LogP contribution in [0.2, 0.25) is 0 Å². The Kier molecular flexibility index (Phi) is 7.72. The third-order valence-electron chi connectivity index (χ3n) is 4.54. The van der Waals surface area contributed by atoms with Crippen molar-refractivity contribution in [2.75, 3.05) is 11.9 Å². The first kappa shape index (κ1) is 22.4. The van der Waals surface area contributed by atoms with Crippen LogP contribution in [0.4, 0.5) is 5.13 Å². The van der Waals surface area contributed by atoms with Gasteiger partial charge in [0.25, 0.3) is 5.91 Å². The van der Waals surface area contributed by atoms with Crippen molar-refractivity contribution in [2.24, 2.45) is 0 Å². The Morgan fingerprint density at radius 1 is 1.13 bits per heavy atom. The number of aryl methyl sites for hydroxylation is 1. The van der Waals surface area contributed by atoms with Crippen molar-refractivity contribution >= 4 is 28.3 Å². The van der Waals surface area contributed by atoms with Crippen molar-refractivity contribution in [1.82, 2.24) is 15.5 Å². The maximum atomic E-state index is 12.5. The minimum Gasteiger partial charge on any atom is -0.494 e. The average Bonchev–Trinajstić information content (AvgIpc) is 3.23. The van der Waals surface area contributed by atoms with Crippen molar-refractivity contribution < 1.29 is 14.3 Å². The molecule has 3 aromatic rings. The van der Waals surface area contributed by atoms with Crippen LogP contribution in [-0.2, 0) is 4.79 Å². The number of aromatic nitrogens is 2. The third kappa shape index (κ3) is 6.36. The second kappa shape index (κ2) is 10.7. The van der Waals surface area contributed by atoms with E-state index in [-0.39, 0.29) is 11.8 Å². The van der Waals surface area contributed by atoms with Crippen LogP contribution in [0.5, 0.6) is 5.75 Å². The van der Waals surface area contributed by atoms with E-state index in [4.69, 9.17) is 4.74 Å². The number of benzene rings is 2. The summed E-state index contributed by atoms with van der Waals surface area (Å²) in [6.07, 6.45) is 2.04. The molecule has 0 bridgehead atoms. The minimum absolute atomic E-state index is 0.333. The molecule has 3 rings (SSSR count). The molecule has 2 N–H and O–H groups in total. The van der Waals surface area contributed by atoms with E-state index >= 15 is 0 Å². The number of hydrogen-bond acceptors (Lipinski definition) is 6. The topological polar surface area (TPSA) is 93.2 Å². The predicted octanol–water partition coefficient (Wildman–Crippen LogP) is 4.45. The number of rotatable bonds is 9. The molecule has 162 valence electrons. The summed E-state index contributed by atoms with van der Waals surface area (Å²) < 4.78 is 5.60. The first-order chi connectivity index (χ1) is 15.0. The van der Waals surface area contributed by atoms with E-state index in [1.54, 1.807) is 31.2 Å². The fourth-order valence-corrected chi connectivity index (χ4v) is 3.51. The summed E-state index contributed by atoms with van der Waals surface area (Å²) in [4.78, 5) is 24.9. The number of amides is 2. The van der Waals surface area contributed by atoms with E-state index in [9.17, 15) is 9.59 Å². The smallest absolute Gasteiger partial charge is 0.251 e. The van der Waals surface area contributed by atoms with Crippen molar-refractivity contribution in [1.29, 1.82) is 0 Å². The lowest BCUT2D eigenvalue weighted by molar-refractivity contribution is -0.117. The highest BCUT2D eigenvalue weighted by molar-refractivity contribution is 7.18. The van der Waals surface area contributed by atoms with E-state index in [0.29, 0.717) is 17.3 Å². The molecule has 0 aliphatic heterocycles. The summed E-state index contributed by atoms with van der Waals surface area (Å²) in [6, 6.07) is 14.0. The molecule has 2 aromatic carbocycles. The van der Waals surface area contributed by atoms with E-state index in [1.807, 2.05) is 31.2 Å². The van der Waals surface area contributed by atoms with Gasteiger partial charge in [0, 0.05) is 11.1 Å². The number of hydrogen-bond donors (Lipinski definition) is 2. The van der Waals surface area contributed by atoms with E-state index in [2.05, 4.69) is 27.8 Å². The molecule has 1 heterocycles. The van der Waals surface area contributed by atoms with Gasteiger partial charge in [0.1, 0.15) is 16.8 Å². The zero-order valence-corrected chi connectivity index (χ0v) is 18.7. The van der Waals surface area contributed by atoms with Crippen LogP contribution in [0.3, 0.4) is 0 Å². The number of carbonyl (C=O) groups is 2. The molecule has 7 nitrogen and oxygen atoms in total. The van der Waals surface area contributed by atoms with Crippen LogP contribution in [0.1, 0.15) is 42.6 Å². The number of anilines is 1. The maximum Gasteiger partial charge on any atom is 0.251 e. The van der Waals surface area contributed by atoms with Crippen LogP contribution in [-0.4, -0.2) is 34.7 Å². The SMILES string of the molecule is CCCCOc1ccc(C(=O)NC(C)C(=O)Nc2nnc(-c3cccc(C)c3)s2)cc1. The zero-order chi connectivity index (χ0) is 22.2. The van der Waals surface area contributed by atoms with E-state index in [0.717, 1.165) is 34.7 Å². The highest BCUT2D eigenvalue weighted by atomic mass is 32.1. The summed E-state index contributed by atoms with van der Waals surface area (Å²) >= 11 is 1.28. The van der Waals surface area contributed by atoms with Crippen LogP contribution in [0, 0.1) is 6.92 Å². The van der Waals surface area contributed by atoms with E-state index < -0.39 is 6.04 Å². The normalized spacial score (nSPS) is 11.6. The quantitative estimate of drug-likeness (QED) is 0.482. The second-order valence-electron chi connectivity index (χ2n) is 7.19. The zero-order valence-electron chi connectivity index (χ0n) is 17.8. The number of unbranched alkanes of at least 4 members (excludes halogenated alkanes) is 1. The third-order valence-corrected chi connectivity index (χ3v) is 5.43. The molecule has 0 aliphatic carbocycles. The summed E-state index contributed by atoms with van der Waals surface area (Å²) in [5.41, 5.74) is 2.52. The minimum atomic E-state index is -0.737. The Balaban J connectivity index is 1.54. The van der Waals surface area contributed by atoms with Crippen molar-refractivity contribution in [3.63, 3.8) is 0 Å². The van der Waals surface area contributed by atoms with Crippen LogP contribution >= 0.6 is 11.3 Å². The van der Waals surface area contributed by atoms with Gasteiger partial charge in [-0.3, -0.25) is 14.9 Å². The first-order valence-corrected chi connectivity index (χ1v) is 11.0. The van der Waals surface area contributed by atoms with Crippen LogP contribution in [0.15, 0.2) is 48.5 Å². The highest BCUT2D eigenvalue weighted by Crippen LogP contribution is 2.26. The van der Waals surface area contributed by atoms with Gasteiger partial charge in [-0.1, -0.05) is 48.4 Å². The number of nitrogens with zero attached hydrogens (tertiary/aromatic N) is 2. The van der Waals surface area contributed by atoms with Gasteiger partial charge in [-0.25, -0.2) is 0 Å². The summed E-state index contributed by atoms with van der Waals surface area (Å²) in [5.74, 6) is 0.0248. The molecule has 1 aromatic heterocycles. The predicted molar refractivity (Wildman–Crippen MR) is 122 cm³/mol. The molecule has 8 heteroatoms. The Morgan fingerprint density at radius 2 is 1.90 bits per heavy atom. The number of nitrogens with one attached hydrogen (secondary N) is 2. The Morgan fingerprint density at radius 3 is 2.61 bits per heavy atom. The average molecular weight is 439 g/mol. The molecule has 31 heavy (non-hydrogen) atoms. The molecule has 0 saturated heterocycles. The van der Waals surface area contributed by atoms with Gasteiger partial charge in [-0.15, -0.1) is 10.2 Å². The summed E-state index contributed by atoms with van der Waals surface area (Å²) in [6.45, 7) is 6.38. The van der Waals surface area contributed by atoms with Crippen molar-refractivity contribution in [3.8, 4) is 16.3 Å². The standard InChI is InChI=1S/C23H26N4O3S/c1-4-5-13-30-19-11-9-17(10-12-19)21(29)24-16(3)20(28)25-23-27-26-22(31-23)18-8-6-7-15(2)14-18/h6-12,14,16H,4-5,13H2,1-3H3,(H,24,29)(H,25,27,28). The first-order valence-electron chi connectivity index (χ1n) is 10.2. The second-order valence-corrected chi connectivity index (χ2v) is 8.17. The Bertz CT molecular complexity index is 1030. The lowest BCUT2D eigenvalue weighted by Crippen LogP contribution is -2.41.